The zero-order valence-electron chi connectivity index (χ0n) is 12.8. The molecule has 0 unspecified atom stereocenters. The molecular weight excluding hydrogens is 255 g/mol. The van der Waals surface area contributed by atoms with E-state index in [2.05, 4.69) is 41.7 Å². The van der Waals surface area contributed by atoms with Gasteiger partial charge in [0, 0.05) is 32.2 Å². The first-order chi connectivity index (χ1) is 9.40. The summed E-state index contributed by atoms with van der Waals surface area (Å²) in [5, 5.41) is 9.81. The minimum absolute atomic E-state index is 0.118. The van der Waals surface area contributed by atoms with Gasteiger partial charge in [-0.2, -0.15) is 0 Å². The summed E-state index contributed by atoms with van der Waals surface area (Å²) in [6.45, 7) is 8.67. The van der Waals surface area contributed by atoms with Crippen molar-refractivity contribution in [1.29, 1.82) is 0 Å². The first-order valence-electron chi connectivity index (χ1n) is 6.85. The summed E-state index contributed by atoms with van der Waals surface area (Å²) in [7, 11) is 1.73. The molecule has 3 N–H and O–H groups in total. The van der Waals surface area contributed by atoms with Crippen LogP contribution in [0.5, 0.6) is 0 Å². The Bertz CT molecular complexity index is 420. The second-order valence-corrected chi connectivity index (χ2v) is 5.66. The van der Waals surface area contributed by atoms with Crippen molar-refractivity contribution in [3.63, 3.8) is 0 Å². The molecule has 112 valence electrons. The fourth-order valence-corrected chi connectivity index (χ4v) is 1.63. The number of rotatable bonds is 5. The van der Waals surface area contributed by atoms with Crippen molar-refractivity contribution in [3.8, 4) is 0 Å². The van der Waals surface area contributed by atoms with Crippen LogP contribution in [0, 0.1) is 5.82 Å². The van der Waals surface area contributed by atoms with Crippen LogP contribution in [0.15, 0.2) is 29.3 Å². The van der Waals surface area contributed by atoms with Crippen molar-refractivity contribution >= 4 is 5.96 Å². The number of hydrogen-bond acceptors (Lipinski definition) is 2. The van der Waals surface area contributed by atoms with Crippen molar-refractivity contribution in [2.75, 3.05) is 20.1 Å². The fraction of sp³-hybridized carbons (Fsp3) is 0.533. The van der Waals surface area contributed by atoms with E-state index in [0.29, 0.717) is 6.54 Å². The topological polar surface area (TPSA) is 48.5 Å². The van der Waals surface area contributed by atoms with Crippen LogP contribution in [0.2, 0.25) is 0 Å². The Labute approximate surface area is 120 Å². The lowest BCUT2D eigenvalue weighted by molar-refractivity contribution is 0.428. The number of hydrogen-bond donors (Lipinski definition) is 3. The summed E-state index contributed by atoms with van der Waals surface area (Å²) >= 11 is 0. The zero-order chi connectivity index (χ0) is 15.0. The Morgan fingerprint density at radius 3 is 2.30 bits per heavy atom. The third-order valence-corrected chi connectivity index (χ3v) is 2.67. The van der Waals surface area contributed by atoms with Gasteiger partial charge >= 0.3 is 0 Å². The second-order valence-electron chi connectivity index (χ2n) is 5.66. The van der Waals surface area contributed by atoms with E-state index in [1.54, 1.807) is 19.2 Å². The highest BCUT2D eigenvalue weighted by molar-refractivity contribution is 5.79. The molecule has 1 aromatic carbocycles. The third kappa shape index (κ3) is 7.09. The largest absolute Gasteiger partial charge is 0.355 e. The third-order valence-electron chi connectivity index (χ3n) is 2.67. The smallest absolute Gasteiger partial charge is 0.191 e. The van der Waals surface area contributed by atoms with Gasteiger partial charge in [-0.3, -0.25) is 4.99 Å². The SMILES string of the molecule is CN=C(NCCNC(C)(C)C)NCc1ccc(F)cc1. The van der Waals surface area contributed by atoms with Gasteiger partial charge in [0.15, 0.2) is 5.96 Å². The molecule has 0 bridgehead atoms. The van der Waals surface area contributed by atoms with Crippen LogP contribution in [0.3, 0.4) is 0 Å². The van der Waals surface area contributed by atoms with Crippen molar-refractivity contribution in [2.24, 2.45) is 4.99 Å². The van der Waals surface area contributed by atoms with Crippen LogP contribution in [0.4, 0.5) is 4.39 Å². The predicted octanol–water partition coefficient (Wildman–Crippen LogP) is 1.88. The van der Waals surface area contributed by atoms with E-state index in [1.807, 2.05) is 0 Å². The summed E-state index contributed by atoms with van der Waals surface area (Å²) in [5.41, 5.74) is 1.13. The molecule has 0 atom stereocenters. The highest BCUT2D eigenvalue weighted by Gasteiger charge is 2.07. The Balaban J connectivity index is 2.28. The molecule has 0 aromatic heterocycles. The van der Waals surface area contributed by atoms with Gasteiger partial charge in [0.25, 0.3) is 0 Å². The normalized spacial score (nSPS) is 12.3. The average molecular weight is 280 g/mol. The van der Waals surface area contributed by atoms with Crippen molar-refractivity contribution in [3.05, 3.63) is 35.6 Å². The van der Waals surface area contributed by atoms with E-state index < -0.39 is 0 Å². The molecule has 0 heterocycles. The monoisotopic (exact) mass is 280 g/mol. The summed E-state index contributed by atoms with van der Waals surface area (Å²) in [6, 6.07) is 6.44. The van der Waals surface area contributed by atoms with Crippen LogP contribution >= 0.6 is 0 Å². The molecule has 0 fully saturated rings. The molecular formula is C15H25FN4. The Morgan fingerprint density at radius 2 is 1.75 bits per heavy atom. The van der Waals surface area contributed by atoms with Gasteiger partial charge < -0.3 is 16.0 Å². The predicted molar refractivity (Wildman–Crippen MR) is 82.4 cm³/mol. The molecule has 0 aliphatic heterocycles. The van der Waals surface area contributed by atoms with E-state index in [9.17, 15) is 4.39 Å². The number of aliphatic imine (C=N–C) groups is 1. The lowest BCUT2D eigenvalue weighted by Gasteiger charge is -2.21. The summed E-state index contributed by atoms with van der Waals surface area (Å²) in [6.07, 6.45) is 0. The van der Waals surface area contributed by atoms with Gasteiger partial charge in [-0.25, -0.2) is 4.39 Å². The first kappa shape index (κ1) is 16.4. The number of nitrogens with one attached hydrogen (secondary N) is 3. The Morgan fingerprint density at radius 1 is 1.10 bits per heavy atom. The molecule has 0 amide bonds. The number of guanidine groups is 1. The average Bonchev–Trinajstić information content (AvgIpc) is 2.39. The molecule has 1 rings (SSSR count). The molecule has 0 radical (unpaired) electrons. The maximum Gasteiger partial charge on any atom is 0.191 e. The van der Waals surface area contributed by atoms with E-state index in [4.69, 9.17) is 0 Å². The van der Waals surface area contributed by atoms with Gasteiger partial charge in [0.2, 0.25) is 0 Å². The molecule has 4 nitrogen and oxygen atoms in total. The number of benzene rings is 1. The Kier molecular flexibility index (Phi) is 6.45. The van der Waals surface area contributed by atoms with E-state index in [-0.39, 0.29) is 11.4 Å². The molecule has 0 aliphatic rings. The maximum atomic E-state index is 12.8. The maximum absolute atomic E-state index is 12.8. The van der Waals surface area contributed by atoms with Gasteiger partial charge in [0.1, 0.15) is 5.82 Å². The highest BCUT2D eigenvalue weighted by Crippen LogP contribution is 2.01. The van der Waals surface area contributed by atoms with Gasteiger partial charge in [-0.05, 0) is 38.5 Å². The van der Waals surface area contributed by atoms with Crippen LogP contribution in [-0.2, 0) is 6.54 Å². The zero-order valence-corrected chi connectivity index (χ0v) is 12.8. The van der Waals surface area contributed by atoms with Gasteiger partial charge in [0.05, 0.1) is 0 Å². The van der Waals surface area contributed by atoms with Gasteiger partial charge in [-0.15, -0.1) is 0 Å². The summed E-state index contributed by atoms with van der Waals surface area (Å²) in [4.78, 5) is 4.15. The molecule has 5 heteroatoms. The Hall–Kier alpha value is -1.62. The standard InChI is InChI=1S/C15H25FN4/c1-15(2,3)20-10-9-18-14(17-4)19-11-12-5-7-13(16)8-6-12/h5-8,20H,9-11H2,1-4H3,(H2,17,18,19). The number of halogens is 1. The fourth-order valence-electron chi connectivity index (χ4n) is 1.63. The van der Waals surface area contributed by atoms with Crippen molar-refractivity contribution in [1.82, 2.24) is 16.0 Å². The van der Waals surface area contributed by atoms with E-state index >= 15 is 0 Å². The van der Waals surface area contributed by atoms with Crippen molar-refractivity contribution in [2.45, 2.75) is 32.9 Å². The van der Waals surface area contributed by atoms with Crippen LogP contribution < -0.4 is 16.0 Å². The van der Waals surface area contributed by atoms with E-state index in [1.165, 1.54) is 12.1 Å². The minimum atomic E-state index is -0.218. The molecule has 0 saturated carbocycles. The minimum Gasteiger partial charge on any atom is -0.355 e. The summed E-state index contributed by atoms with van der Waals surface area (Å²) in [5.74, 6) is 0.523. The quantitative estimate of drug-likeness (QED) is 0.438. The molecule has 0 saturated heterocycles. The first-order valence-corrected chi connectivity index (χ1v) is 6.85. The molecule has 20 heavy (non-hydrogen) atoms. The van der Waals surface area contributed by atoms with Crippen molar-refractivity contribution < 1.29 is 4.39 Å². The van der Waals surface area contributed by atoms with Crippen LogP contribution in [0.25, 0.3) is 0 Å². The molecule has 0 spiro atoms. The molecule has 0 aliphatic carbocycles. The summed E-state index contributed by atoms with van der Waals surface area (Å²) < 4.78 is 12.8. The molecule has 1 aromatic rings. The lowest BCUT2D eigenvalue weighted by atomic mass is 10.1. The van der Waals surface area contributed by atoms with Crippen LogP contribution in [-0.4, -0.2) is 31.6 Å². The number of nitrogens with zero attached hydrogens (tertiary/aromatic N) is 1. The highest BCUT2D eigenvalue weighted by atomic mass is 19.1. The van der Waals surface area contributed by atoms with E-state index in [0.717, 1.165) is 24.6 Å². The van der Waals surface area contributed by atoms with Crippen LogP contribution in [0.1, 0.15) is 26.3 Å². The lowest BCUT2D eigenvalue weighted by Crippen LogP contribution is -2.44. The van der Waals surface area contributed by atoms with Gasteiger partial charge in [-0.1, -0.05) is 12.1 Å². The second kappa shape index (κ2) is 7.85.